The zero-order valence-electron chi connectivity index (χ0n) is 24.4. The first-order valence-corrected chi connectivity index (χ1v) is 13.8. The second-order valence-electron chi connectivity index (χ2n) is 11.2. The van der Waals surface area contributed by atoms with Gasteiger partial charge in [0.2, 0.25) is 0 Å². The number of aryl methyl sites for hydroxylation is 4. The topological polar surface area (TPSA) is 84.0 Å². The first-order chi connectivity index (χ1) is 19.9. The zero-order valence-corrected chi connectivity index (χ0v) is 24.4. The van der Waals surface area contributed by atoms with E-state index in [1.165, 1.54) is 40.3 Å². The number of hydrogen-bond acceptors (Lipinski definition) is 5. The van der Waals surface area contributed by atoms with Crippen LogP contribution in [0, 0.1) is 34.6 Å². The SMILES string of the molecule is Cc1cc(Cc2cc(C)c(N3C(=O)c4ccc(Oc5ccc6c(c5)C(=O)N(C)C6=O)cc4C3=O)c(C)c2)cc(C)c1C. The van der Waals surface area contributed by atoms with E-state index in [1.54, 1.807) is 30.3 Å². The summed E-state index contributed by atoms with van der Waals surface area (Å²) in [5.74, 6) is -0.862. The van der Waals surface area contributed by atoms with E-state index < -0.39 is 11.8 Å². The van der Waals surface area contributed by atoms with Crippen LogP contribution < -0.4 is 9.64 Å². The lowest BCUT2D eigenvalue weighted by atomic mass is 9.94. The van der Waals surface area contributed by atoms with Gasteiger partial charge in [0, 0.05) is 7.05 Å². The summed E-state index contributed by atoms with van der Waals surface area (Å²) in [7, 11) is 1.43. The molecule has 6 rings (SSSR count). The predicted octanol–water partition coefficient (Wildman–Crippen LogP) is 6.64. The number of rotatable bonds is 5. The molecule has 0 radical (unpaired) electrons. The van der Waals surface area contributed by atoms with Crippen molar-refractivity contribution in [3.8, 4) is 11.5 Å². The fourth-order valence-corrected chi connectivity index (χ4v) is 5.99. The lowest BCUT2D eigenvalue weighted by Gasteiger charge is -2.21. The van der Waals surface area contributed by atoms with Crippen molar-refractivity contribution >= 4 is 29.3 Å². The largest absolute Gasteiger partial charge is 0.457 e. The summed E-state index contributed by atoms with van der Waals surface area (Å²) >= 11 is 0. The number of amides is 4. The van der Waals surface area contributed by atoms with Crippen LogP contribution in [0.3, 0.4) is 0 Å². The number of benzene rings is 4. The highest BCUT2D eigenvalue weighted by Gasteiger charge is 2.39. The van der Waals surface area contributed by atoms with Gasteiger partial charge >= 0.3 is 0 Å². The highest BCUT2D eigenvalue weighted by Crippen LogP contribution is 2.37. The third kappa shape index (κ3) is 4.29. The molecule has 2 aliphatic rings. The highest BCUT2D eigenvalue weighted by atomic mass is 16.5. The van der Waals surface area contributed by atoms with Crippen LogP contribution in [0.1, 0.15) is 80.4 Å². The molecule has 7 heteroatoms. The van der Waals surface area contributed by atoms with E-state index in [0.717, 1.165) is 28.0 Å². The monoisotopic (exact) mass is 558 g/mol. The third-order valence-corrected chi connectivity index (χ3v) is 8.32. The Kier molecular flexibility index (Phi) is 6.34. The maximum absolute atomic E-state index is 13.6. The van der Waals surface area contributed by atoms with E-state index >= 15 is 0 Å². The Morgan fingerprint density at radius 1 is 0.548 bits per heavy atom. The second-order valence-corrected chi connectivity index (χ2v) is 11.2. The van der Waals surface area contributed by atoms with Gasteiger partial charge < -0.3 is 4.74 Å². The fourth-order valence-electron chi connectivity index (χ4n) is 5.99. The lowest BCUT2D eigenvalue weighted by molar-refractivity contribution is 0.0692. The summed E-state index contributed by atoms with van der Waals surface area (Å²) in [6.07, 6.45) is 0.755. The van der Waals surface area contributed by atoms with Crippen LogP contribution in [0.5, 0.6) is 11.5 Å². The van der Waals surface area contributed by atoms with Gasteiger partial charge in [0.05, 0.1) is 27.9 Å². The first-order valence-electron chi connectivity index (χ1n) is 13.8. The molecule has 4 aromatic rings. The van der Waals surface area contributed by atoms with Crippen LogP contribution in [-0.4, -0.2) is 35.6 Å². The smallest absolute Gasteiger partial charge is 0.266 e. The van der Waals surface area contributed by atoms with Gasteiger partial charge in [0.25, 0.3) is 23.6 Å². The molecule has 210 valence electrons. The molecule has 4 aromatic carbocycles. The van der Waals surface area contributed by atoms with Crippen LogP contribution in [-0.2, 0) is 6.42 Å². The maximum atomic E-state index is 13.6. The van der Waals surface area contributed by atoms with Crippen LogP contribution in [0.25, 0.3) is 0 Å². The Labute approximate surface area is 244 Å². The molecule has 0 unspecified atom stereocenters. The molecule has 7 nitrogen and oxygen atoms in total. The normalized spacial score (nSPS) is 14.1. The standard InChI is InChI=1S/C35H30N2O5/c1-18-11-23(12-19(2)22(18)5)15-24-13-20(3)31(21(4)14-24)37-34(40)28-10-8-26(17-30(28)35(37)41)42-25-7-9-27-29(16-25)33(39)36(6)32(27)38/h7-14,16-17H,15H2,1-6H3. The summed E-state index contributed by atoms with van der Waals surface area (Å²) in [6.45, 7) is 10.2. The number of carbonyl (C=O) groups is 4. The maximum Gasteiger partial charge on any atom is 0.266 e. The zero-order chi connectivity index (χ0) is 30.0. The molecule has 0 saturated carbocycles. The summed E-state index contributed by atoms with van der Waals surface area (Å²) in [6, 6.07) is 17.9. The molecule has 4 amide bonds. The van der Waals surface area contributed by atoms with Crippen molar-refractivity contribution in [2.24, 2.45) is 0 Å². The van der Waals surface area contributed by atoms with E-state index in [-0.39, 0.29) is 22.9 Å². The first kappa shape index (κ1) is 27.1. The highest BCUT2D eigenvalue weighted by molar-refractivity contribution is 6.35. The van der Waals surface area contributed by atoms with Crippen molar-refractivity contribution in [2.75, 3.05) is 11.9 Å². The Hall–Kier alpha value is -5.04. The van der Waals surface area contributed by atoms with Gasteiger partial charge in [-0.05, 0) is 116 Å². The van der Waals surface area contributed by atoms with Gasteiger partial charge in [-0.2, -0.15) is 0 Å². The van der Waals surface area contributed by atoms with Crippen LogP contribution in [0.4, 0.5) is 5.69 Å². The minimum Gasteiger partial charge on any atom is -0.457 e. The van der Waals surface area contributed by atoms with Crippen molar-refractivity contribution in [1.29, 1.82) is 0 Å². The summed E-state index contributed by atoms with van der Waals surface area (Å²) in [4.78, 5) is 54.0. The number of carbonyl (C=O) groups excluding carboxylic acids is 4. The van der Waals surface area contributed by atoms with E-state index in [2.05, 4.69) is 32.9 Å². The van der Waals surface area contributed by atoms with Crippen molar-refractivity contribution < 1.29 is 23.9 Å². The number of anilines is 1. The van der Waals surface area contributed by atoms with E-state index in [4.69, 9.17) is 4.74 Å². The Morgan fingerprint density at radius 2 is 0.976 bits per heavy atom. The van der Waals surface area contributed by atoms with E-state index in [0.29, 0.717) is 28.3 Å². The van der Waals surface area contributed by atoms with Gasteiger partial charge in [-0.1, -0.05) is 24.3 Å². The molecule has 42 heavy (non-hydrogen) atoms. The molecular weight excluding hydrogens is 528 g/mol. The minimum absolute atomic E-state index is 0.248. The molecule has 0 aliphatic carbocycles. The van der Waals surface area contributed by atoms with Crippen molar-refractivity contribution in [1.82, 2.24) is 4.90 Å². The molecule has 0 atom stereocenters. The predicted molar refractivity (Wildman–Crippen MR) is 160 cm³/mol. The summed E-state index contributed by atoms with van der Waals surface area (Å²) in [5, 5.41) is 0. The Balaban J connectivity index is 1.27. The number of fused-ring (bicyclic) bond motifs is 2. The van der Waals surface area contributed by atoms with Crippen LogP contribution >= 0.6 is 0 Å². The molecule has 2 heterocycles. The molecule has 0 fully saturated rings. The molecule has 2 aliphatic heterocycles. The molecular formula is C35H30N2O5. The lowest BCUT2D eigenvalue weighted by Crippen LogP contribution is -2.30. The quantitative estimate of drug-likeness (QED) is 0.257. The Bertz CT molecular complexity index is 1840. The number of ether oxygens (including phenoxy) is 1. The van der Waals surface area contributed by atoms with Crippen molar-refractivity contribution in [3.05, 3.63) is 122 Å². The summed E-state index contributed by atoms with van der Waals surface area (Å²) in [5.41, 5.74) is 9.58. The van der Waals surface area contributed by atoms with E-state index in [1.807, 2.05) is 26.0 Å². The number of nitrogens with zero attached hydrogens (tertiary/aromatic N) is 2. The van der Waals surface area contributed by atoms with Gasteiger partial charge in [0.15, 0.2) is 0 Å². The molecule has 0 bridgehead atoms. The van der Waals surface area contributed by atoms with Crippen molar-refractivity contribution in [3.63, 3.8) is 0 Å². The molecule has 0 N–H and O–H groups in total. The third-order valence-electron chi connectivity index (χ3n) is 8.32. The average molecular weight is 559 g/mol. The van der Waals surface area contributed by atoms with Gasteiger partial charge in [-0.15, -0.1) is 0 Å². The second kappa shape index (κ2) is 9.80. The Morgan fingerprint density at radius 3 is 1.52 bits per heavy atom. The number of hydrogen-bond donors (Lipinski definition) is 0. The van der Waals surface area contributed by atoms with Gasteiger partial charge in [-0.3, -0.25) is 24.1 Å². The molecule has 0 saturated heterocycles. The molecule has 0 aromatic heterocycles. The van der Waals surface area contributed by atoms with E-state index in [9.17, 15) is 19.2 Å². The molecule has 0 spiro atoms. The fraction of sp³-hybridized carbons (Fsp3) is 0.200. The van der Waals surface area contributed by atoms with Gasteiger partial charge in [0.1, 0.15) is 11.5 Å². The number of imide groups is 2. The van der Waals surface area contributed by atoms with Crippen LogP contribution in [0.2, 0.25) is 0 Å². The average Bonchev–Trinajstić information content (AvgIpc) is 3.31. The van der Waals surface area contributed by atoms with Crippen LogP contribution in [0.15, 0.2) is 60.7 Å². The van der Waals surface area contributed by atoms with Crippen molar-refractivity contribution in [2.45, 2.75) is 41.0 Å². The summed E-state index contributed by atoms with van der Waals surface area (Å²) < 4.78 is 5.95. The van der Waals surface area contributed by atoms with Gasteiger partial charge in [-0.25, -0.2) is 4.90 Å². The minimum atomic E-state index is -0.416.